The number of aromatic nitrogens is 4. The van der Waals surface area contributed by atoms with Crippen molar-refractivity contribution < 1.29 is 18.1 Å². The maximum atomic E-state index is 13.0. The summed E-state index contributed by atoms with van der Waals surface area (Å²) in [7, 11) is 0. The van der Waals surface area contributed by atoms with Gasteiger partial charge >= 0.3 is 0 Å². The molecule has 1 unspecified atom stereocenters. The van der Waals surface area contributed by atoms with Gasteiger partial charge in [-0.25, -0.2) is 4.39 Å². The average Bonchev–Trinajstić information content (AvgIpc) is 3.38. The van der Waals surface area contributed by atoms with Crippen molar-refractivity contribution in [3.8, 4) is 17.1 Å². The van der Waals surface area contributed by atoms with Crippen LogP contribution in [0.5, 0.6) is 5.75 Å². The van der Waals surface area contributed by atoms with E-state index in [1.165, 1.54) is 36.0 Å². The predicted molar refractivity (Wildman–Crippen MR) is 104 cm³/mol. The summed E-state index contributed by atoms with van der Waals surface area (Å²) in [5.41, 5.74) is 0.768. The zero-order valence-electron chi connectivity index (χ0n) is 15.1. The van der Waals surface area contributed by atoms with E-state index in [0.29, 0.717) is 39.4 Å². The molecule has 29 heavy (non-hydrogen) atoms. The first kappa shape index (κ1) is 19.4. The van der Waals surface area contributed by atoms with Crippen LogP contribution in [-0.4, -0.2) is 20.3 Å². The molecule has 0 aliphatic carbocycles. The van der Waals surface area contributed by atoms with Crippen molar-refractivity contribution in [3.05, 3.63) is 71.2 Å². The predicted octanol–water partition coefficient (Wildman–Crippen LogP) is 5.34. The zero-order valence-corrected chi connectivity index (χ0v) is 16.7. The lowest BCUT2D eigenvalue weighted by atomic mass is 10.2. The Balaban J connectivity index is 1.35. The van der Waals surface area contributed by atoms with Crippen LogP contribution in [0.15, 0.2) is 62.7 Å². The Morgan fingerprint density at radius 2 is 2.00 bits per heavy atom. The fourth-order valence-electron chi connectivity index (χ4n) is 2.39. The summed E-state index contributed by atoms with van der Waals surface area (Å²) >= 11 is 7.25. The van der Waals surface area contributed by atoms with E-state index in [9.17, 15) is 4.39 Å². The Morgan fingerprint density at radius 3 is 2.79 bits per heavy atom. The first-order valence-corrected chi connectivity index (χ1v) is 9.90. The summed E-state index contributed by atoms with van der Waals surface area (Å²) in [4.78, 5) is 4.34. The van der Waals surface area contributed by atoms with Gasteiger partial charge in [0.1, 0.15) is 11.6 Å². The number of rotatable bonds is 7. The number of halogens is 2. The lowest BCUT2D eigenvalue weighted by Gasteiger charge is -2.10. The molecular weight excluding hydrogens is 419 g/mol. The lowest BCUT2D eigenvalue weighted by Crippen LogP contribution is -2.03. The van der Waals surface area contributed by atoms with Crippen molar-refractivity contribution in [2.45, 2.75) is 24.0 Å². The summed E-state index contributed by atoms with van der Waals surface area (Å²) in [5, 5.41) is 12.9. The normalized spacial score (nSPS) is 12.1. The van der Waals surface area contributed by atoms with E-state index < -0.39 is 6.10 Å². The highest BCUT2D eigenvalue weighted by molar-refractivity contribution is 7.98. The molecule has 0 amide bonds. The second kappa shape index (κ2) is 8.62. The van der Waals surface area contributed by atoms with E-state index in [-0.39, 0.29) is 5.82 Å². The Labute approximate surface area is 174 Å². The first-order chi connectivity index (χ1) is 14.1. The van der Waals surface area contributed by atoms with Crippen LogP contribution in [0.4, 0.5) is 4.39 Å². The van der Waals surface area contributed by atoms with Crippen LogP contribution in [0.1, 0.15) is 24.8 Å². The third-order valence-corrected chi connectivity index (χ3v) is 4.80. The molecule has 2 aromatic heterocycles. The molecule has 10 heteroatoms. The van der Waals surface area contributed by atoms with E-state index in [0.717, 1.165) is 5.56 Å². The highest BCUT2D eigenvalue weighted by Crippen LogP contribution is 2.27. The summed E-state index contributed by atoms with van der Waals surface area (Å²) in [6.45, 7) is 1.76. The van der Waals surface area contributed by atoms with Crippen LogP contribution in [0.2, 0.25) is 5.02 Å². The fraction of sp³-hybridized carbons (Fsp3) is 0.158. The van der Waals surface area contributed by atoms with Crippen molar-refractivity contribution in [3.63, 3.8) is 0 Å². The molecule has 0 aliphatic heterocycles. The molecule has 0 aliphatic rings. The number of hydrogen-bond donors (Lipinski definition) is 0. The maximum absolute atomic E-state index is 13.0. The molecule has 0 saturated carbocycles. The summed E-state index contributed by atoms with van der Waals surface area (Å²) in [6, 6.07) is 12.9. The highest BCUT2D eigenvalue weighted by atomic mass is 35.5. The first-order valence-electron chi connectivity index (χ1n) is 8.54. The second-order valence-electron chi connectivity index (χ2n) is 5.93. The summed E-state index contributed by atoms with van der Waals surface area (Å²) in [5.74, 6) is 1.72. The quantitative estimate of drug-likeness (QED) is 0.361. The Hall–Kier alpha value is -2.91. The van der Waals surface area contributed by atoms with Gasteiger partial charge in [0.25, 0.3) is 11.1 Å². The third-order valence-electron chi connectivity index (χ3n) is 3.77. The van der Waals surface area contributed by atoms with E-state index in [1.54, 1.807) is 19.1 Å². The zero-order chi connectivity index (χ0) is 20.2. The largest absolute Gasteiger partial charge is 0.481 e. The maximum Gasteiger partial charge on any atom is 0.277 e. The number of ether oxygens (including phenoxy) is 1. The lowest BCUT2D eigenvalue weighted by molar-refractivity contribution is 0.181. The molecule has 7 nitrogen and oxygen atoms in total. The topological polar surface area (TPSA) is 87.1 Å². The fourth-order valence-corrected chi connectivity index (χ4v) is 3.19. The van der Waals surface area contributed by atoms with E-state index in [1.807, 2.05) is 12.1 Å². The standard InChI is InChI=1S/C19H14ClFN4O3S/c1-11(26-15-7-5-14(21)6-8-15)18-23-24-19(27-18)29-10-16-22-17(25-28-16)12-3-2-4-13(20)9-12/h2-9,11H,10H2,1H3. The van der Waals surface area contributed by atoms with Crippen LogP contribution >= 0.6 is 23.4 Å². The monoisotopic (exact) mass is 432 g/mol. The van der Waals surface area contributed by atoms with Gasteiger partial charge in [-0.3, -0.25) is 0 Å². The molecule has 0 fully saturated rings. The van der Waals surface area contributed by atoms with E-state index in [4.69, 9.17) is 25.3 Å². The Bertz CT molecular complexity index is 1100. The van der Waals surface area contributed by atoms with Gasteiger partial charge in [0.2, 0.25) is 11.7 Å². The molecule has 2 aromatic carbocycles. The molecule has 0 spiro atoms. The highest BCUT2D eigenvalue weighted by Gasteiger charge is 2.17. The van der Waals surface area contributed by atoms with Crippen molar-refractivity contribution in [2.75, 3.05) is 0 Å². The molecule has 2 heterocycles. The third kappa shape index (κ3) is 4.93. The minimum Gasteiger partial charge on any atom is -0.481 e. The number of thioether (sulfide) groups is 1. The van der Waals surface area contributed by atoms with Crippen LogP contribution < -0.4 is 4.74 Å². The molecule has 4 rings (SSSR count). The minimum absolute atomic E-state index is 0.307. The molecule has 0 N–H and O–H groups in total. The van der Waals surface area contributed by atoms with Gasteiger partial charge in [0.15, 0.2) is 6.10 Å². The molecule has 0 bridgehead atoms. The van der Waals surface area contributed by atoms with Gasteiger partial charge in [-0.2, -0.15) is 4.98 Å². The Kier molecular flexibility index (Phi) is 5.77. The molecule has 4 aromatic rings. The SMILES string of the molecule is CC(Oc1ccc(F)cc1)c1nnc(SCc2nc(-c3cccc(Cl)c3)no2)o1. The van der Waals surface area contributed by atoms with Crippen LogP contribution in [0.3, 0.4) is 0 Å². The van der Waals surface area contributed by atoms with Crippen LogP contribution in [0, 0.1) is 5.82 Å². The molecule has 1 atom stereocenters. The van der Waals surface area contributed by atoms with E-state index >= 15 is 0 Å². The smallest absolute Gasteiger partial charge is 0.277 e. The Morgan fingerprint density at radius 1 is 1.17 bits per heavy atom. The molecular formula is C19H14ClFN4O3S. The van der Waals surface area contributed by atoms with Gasteiger partial charge in [-0.1, -0.05) is 40.7 Å². The van der Waals surface area contributed by atoms with Gasteiger partial charge < -0.3 is 13.7 Å². The van der Waals surface area contributed by atoms with E-state index in [2.05, 4.69) is 20.3 Å². The van der Waals surface area contributed by atoms with Crippen molar-refractivity contribution in [1.29, 1.82) is 0 Å². The van der Waals surface area contributed by atoms with Gasteiger partial charge in [0.05, 0.1) is 5.75 Å². The second-order valence-corrected chi connectivity index (χ2v) is 7.29. The van der Waals surface area contributed by atoms with Gasteiger partial charge in [0, 0.05) is 10.6 Å². The minimum atomic E-state index is -0.486. The van der Waals surface area contributed by atoms with Crippen LogP contribution in [0.25, 0.3) is 11.4 Å². The number of nitrogens with zero attached hydrogens (tertiary/aromatic N) is 4. The average molecular weight is 433 g/mol. The van der Waals surface area contributed by atoms with Gasteiger partial charge in [-0.15, -0.1) is 10.2 Å². The summed E-state index contributed by atoms with van der Waals surface area (Å²) < 4.78 is 29.5. The van der Waals surface area contributed by atoms with Crippen molar-refractivity contribution >= 4 is 23.4 Å². The summed E-state index contributed by atoms with van der Waals surface area (Å²) in [6.07, 6.45) is -0.486. The van der Waals surface area contributed by atoms with Crippen molar-refractivity contribution in [2.24, 2.45) is 0 Å². The molecule has 0 radical (unpaired) electrons. The number of hydrogen-bond acceptors (Lipinski definition) is 8. The van der Waals surface area contributed by atoms with Crippen molar-refractivity contribution in [1.82, 2.24) is 20.3 Å². The van der Waals surface area contributed by atoms with Gasteiger partial charge in [-0.05, 0) is 43.3 Å². The molecule has 148 valence electrons. The molecule has 0 saturated heterocycles. The number of benzene rings is 2. The van der Waals surface area contributed by atoms with Crippen LogP contribution in [-0.2, 0) is 5.75 Å².